The third-order valence-electron chi connectivity index (χ3n) is 3.53. The van der Waals surface area contributed by atoms with E-state index in [1.807, 2.05) is 6.92 Å². The fourth-order valence-corrected chi connectivity index (χ4v) is 4.35. The molecule has 1 aliphatic rings. The molecule has 1 aromatic carbocycles. The van der Waals surface area contributed by atoms with E-state index in [0.29, 0.717) is 25.9 Å². The summed E-state index contributed by atoms with van der Waals surface area (Å²) in [7, 11) is -3.88. The van der Waals surface area contributed by atoms with Crippen molar-refractivity contribution in [1.82, 2.24) is 9.62 Å². The van der Waals surface area contributed by atoms with Gasteiger partial charge in [0.1, 0.15) is 5.75 Å². The maximum absolute atomic E-state index is 12.8. The standard InChI is InChI=1S/C14H19F3N2O3S/c1-2-8-19(11-6-7-18-10-11)23(20,21)13-5-3-4-12(9-13)22-14(15,16)17/h3-5,9,11,18H,2,6-8,10H2,1H3. The second-order valence-corrected chi connectivity index (χ2v) is 7.18. The van der Waals surface area contributed by atoms with Crippen molar-refractivity contribution in [2.75, 3.05) is 19.6 Å². The largest absolute Gasteiger partial charge is 0.573 e. The van der Waals surface area contributed by atoms with Crippen LogP contribution < -0.4 is 10.1 Å². The molecular weight excluding hydrogens is 333 g/mol. The van der Waals surface area contributed by atoms with Gasteiger partial charge in [-0.05, 0) is 31.5 Å². The van der Waals surface area contributed by atoms with E-state index < -0.39 is 22.1 Å². The lowest BCUT2D eigenvalue weighted by Gasteiger charge is -2.27. The van der Waals surface area contributed by atoms with E-state index in [9.17, 15) is 21.6 Å². The van der Waals surface area contributed by atoms with Crippen LogP contribution in [0.2, 0.25) is 0 Å². The van der Waals surface area contributed by atoms with E-state index in [2.05, 4.69) is 10.1 Å². The summed E-state index contributed by atoms with van der Waals surface area (Å²) in [5.74, 6) is -0.542. The number of sulfonamides is 1. The summed E-state index contributed by atoms with van der Waals surface area (Å²) >= 11 is 0. The molecule has 0 bridgehead atoms. The van der Waals surface area contributed by atoms with Crippen molar-refractivity contribution in [2.45, 2.75) is 37.1 Å². The molecule has 130 valence electrons. The first kappa shape index (κ1) is 18.0. The van der Waals surface area contributed by atoms with Crippen molar-refractivity contribution in [3.05, 3.63) is 24.3 Å². The van der Waals surface area contributed by atoms with Crippen LogP contribution in [-0.4, -0.2) is 44.8 Å². The highest BCUT2D eigenvalue weighted by atomic mass is 32.2. The summed E-state index contributed by atoms with van der Waals surface area (Å²) in [4.78, 5) is -0.195. The van der Waals surface area contributed by atoms with Crippen molar-refractivity contribution < 1.29 is 26.3 Å². The topological polar surface area (TPSA) is 58.6 Å². The molecule has 0 saturated carbocycles. The number of alkyl halides is 3. The van der Waals surface area contributed by atoms with Crippen molar-refractivity contribution in [1.29, 1.82) is 0 Å². The van der Waals surface area contributed by atoms with Crippen molar-refractivity contribution >= 4 is 10.0 Å². The van der Waals surface area contributed by atoms with Gasteiger partial charge in [-0.25, -0.2) is 8.42 Å². The van der Waals surface area contributed by atoms with E-state index in [1.165, 1.54) is 16.4 Å². The fraction of sp³-hybridized carbons (Fsp3) is 0.571. The minimum Gasteiger partial charge on any atom is -0.406 e. The third kappa shape index (κ3) is 4.58. The summed E-state index contributed by atoms with van der Waals surface area (Å²) < 4.78 is 67.7. The number of hydrogen-bond donors (Lipinski definition) is 1. The smallest absolute Gasteiger partial charge is 0.406 e. The zero-order chi connectivity index (χ0) is 17.1. The molecule has 0 aliphatic carbocycles. The van der Waals surface area contributed by atoms with Gasteiger partial charge in [0.2, 0.25) is 10.0 Å². The van der Waals surface area contributed by atoms with Gasteiger partial charge < -0.3 is 10.1 Å². The number of halogens is 3. The Morgan fingerprint density at radius 1 is 1.39 bits per heavy atom. The zero-order valence-corrected chi connectivity index (χ0v) is 13.5. The SMILES string of the molecule is CCCN(C1CCNC1)S(=O)(=O)c1cccc(OC(F)(F)F)c1. The van der Waals surface area contributed by atoms with Gasteiger partial charge in [-0.1, -0.05) is 13.0 Å². The van der Waals surface area contributed by atoms with Gasteiger partial charge >= 0.3 is 6.36 Å². The summed E-state index contributed by atoms with van der Waals surface area (Å²) in [6, 6.07) is 4.32. The molecule has 1 atom stereocenters. The minimum atomic E-state index is -4.86. The van der Waals surface area contributed by atoms with Crippen LogP contribution in [0.4, 0.5) is 13.2 Å². The third-order valence-corrected chi connectivity index (χ3v) is 5.48. The average Bonchev–Trinajstić information content (AvgIpc) is 2.96. The van der Waals surface area contributed by atoms with Gasteiger partial charge in [0.05, 0.1) is 4.90 Å². The minimum absolute atomic E-state index is 0.188. The maximum Gasteiger partial charge on any atom is 0.573 e. The molecule has 0 aromatic heterocycles. The Balaban J connectivity index is 2.31. The Bertz CT molecular complexity index is 628. The normalized spacial score (nSPS) is 19.3. The Kier molecular flexibility index (Phi) is 5.53. The van der Waals surface area contributed by atoms with E-state index >= 15 is 0 Å². The molecule has 23 heavy (non-hydrogen) atoms. The molecule has 1 unspecified atom stereocenters. The van der Waals surface area contributed by atoms with Crippen LogP contribution in [0, 0.1) is 0 Å². The maximum atomic E-state index is 12.8. The van der Waals surface area contributed by atoms with Gasteiger partial charge in [-0.2, -0.15) is 4.31 Å². The fourth-order valence-electron chi connectivity index (χ4n) is 2.57. The lowest BCUT2D eigenvalue weighted by atomic mass is 10.2. The molecule has 0 radical (unpaired) electrons. The van der Waals surface area contributed by atoms with E-state index in [1.54, 1.807) is 0 Å². The van der Waals surface area contributed by atoms with Crippen LogP contribution in [-0.2, 0) is 10.0 Å². The predicted molar refractivity (Wildman–Crippen MR) is 78.6 cm³/mol. The van der Waals surface area contributed by atoms with E-state index in [4.69, 9.17) is 0 Å². The first-order valence-corrected chi connectivity index (χ1v) is 8.76. The first-order valence-electron chi connectivity index (χ1n) is 7.32. The van der Waals surface area contributed by atoms with Crippen LogP contribution in [0.3, 0.4) is 0 Å². The molecule has 0 spiro atoms. The number of hydrogen-bond acceptors (Lipinski definition) is 4. The highest BCUT2D eigenvalue weighted by molar-refractivity contribution is 7.89. The van der Waals surface area contributed by atoms with Crippen LogP contribution in [0.15, 0.2) is 29.2 Å². The van der Waals surface area contributed by atoms with Crippen LogP contribution in [0.5, 0.6) is 5.75 Å². The van der Waals surface area contributed by atoms with E-state index in [-0.39, 0.29) is 10.9 Å². The number of nitrogens with zero attached hydrogens (tertiary/aromatic N) is 1. The van der Waals surface area contributed by atoms with Gasteiger partial charge in [-0.3, -0.25) is 0 Å². The van der Waals surface area contributed by atoms with Crippen molar-refractivity contribution in [2.24, 2.45) is 0 Å². The number of rotatable bonds is 6. The van der Waals surface area contributed by atoms with Gasteiger partial charge in [0, 0.05) is 25.2 Å². The molecule has 5 nitrogen and oxygen atoms in total. The van der Waals surface area contributed by atoms with Crippen LogP contribution in [0.25, 0.3) is 0 Å². The Labute approximate surface area is 133 Å². The Morgan fingerprint density at radius 2 is 2.13 bits per heavy atom. The molecule has 1 heterocycles. The second kappa shape index (κ2) is 7.06. The monoisotopic (exact) mass is 352 g/mol. The predicted octanol–water partition coefficient (Wildman–Crippen LogP) is 2.35. The second-order valence-electron chi connectivity index (χ2n) is 5.29. The Hall–Kier alpha value is -1.32. The summed E-state index contributed by atoms with van der Waals surface area (Å²) in [6.45, 7) is 3.43. The van der Waals surface area contributed by atoms with Crippen molar-refractivity contribution in [3.63, 3.8) is 0 Å². The molecule has 1 aromatic rings. The lowest BCUT2D eigenvalue weighted by molar-refractivity contribution is -0.274. The number of benzene rings is 1. The van der Waals surface area contributed by atoms with E-state index in [0.717, 1.165) is 18.7 Å². The number of nitrogens with one attached hydrogen (secondary N) is 1. The molecular formula is C14H19F3N2O3S. The van der Waals surface area contributed by atoms with Gasteiger partial charge in [-0.15, -0.1) is 13.2 Å². The summed E-state index contributed by atoms with van der Waals surface area (Å²) in [5, 5.41) is 3.10. The van der Waals surface area contributed by atoms with Gasteiger partial charge in [0.25, 0.3) is 0 Å². The zero-order valence-electron chi connectivity index (χ0n) is 12.6. The highest BCUT2D eigenvalue weighted by Crippen LogP contribution is 2.27. The molecule has 2 rings (SSSR count). The van der Waals surface area contributed by atoms with Crippen LogP contribution in [0.1, 0.15) is 19.8 Å². The highest BCUT2D eigenvalue weighted by Gasteiger charge is 2.34. The van der Waals surface area contributed by atoms with Gasteiger partial charge in [0.15, 0.2) is 0 Å². The summed E-state index contributed by atoms with van der Waals surface area (Å²) in [6.07, 6.45) is -3.56. The summed E-state index contributed by atoms with van der Waals surface area (Å²) in [5.41, 5.74) is 0. The van der Waals surface area contributed by atoms with Crippen LogP contribution >= 0.6 is 0 Å². The number of ether oxygens (including phenoxy) is 1. The molecule has 9 heteroatoms. The quantitative estimate of drug-likeness (QED) is 0.854. The Morgan fingerprint density at radius 3 is 2.70 bits per heavy atom. The average molecular weight is 352 g/mol. The molecule has 1 fully saturated rings. The molecule has 1 saturated heterocycles. The van der Waals surface area contributed by atoms with Crippen molar-refractivity contribution in [3.8, 4) is 5.75 Å². The first-order chi connectivity index (χ1) is 10.7. The molecule has 1 N–H and O–H groups in total. The molecule has 0 amide bonds. The lowest BCUT2D eigenvalue weighted by Crippen LogP contribution is -2.42. The molecule has 1 aliphatic heterocycles.